The lowest BCUT2D eigenvalue weighted by molar-refractivity contribution is 0.626. The number of rotatable bonds is 3. The minimum Gasteiger partial charge on any atom is -0.382 e. The Labute approximate surface area is 84.3 Å². The van der Waals surface area contributed by atoms with E-state index < -0.39 is 0 Å². The summed E-state index contributed by atoms with van der Waals surface area (Å²) in [6, 6.07) is 5.42. The van der Waals surface area contributed by atoms with Crippen LogP contribution in [-0.2, 0) is 0 Å². The van der Waals surface area contributed by atoms with Gasteiger partial charge in [-0.2, -0.15) is 0 Å². The SMILES string of the molecule is Cc1cc(F)ccc1N[C@H](C)C1CC1. The van der Waals surface area contributed by atoms with Gasteiger partial charge in [0, 0.05) is 11.7 Å². The molecular weight excluding hydrogens is 177 g/mol. The molecule has 0 aromatic heterocycles. The maximum Gasteiger partial charge on any atom is 0.123 e. The lowest BCUT2D eigenvalue weighted by atomic mass is 10.1. The summed E-state index contributed by atoms with van der Waals surface area (Å²) in [6.45, 7) is 4.13. The molecule has 0 radical (unpaired) electrons. The van der Waals surface area contributed by atoms with Crippen LogP contribution in [0.3, 0.4) is 0 Å². The molecule has 0 aliphatic heterocycles. The second-order valence-electron chi connectivity index (χ2n) is 4.23. The normalized spacial score (nSPS) is 17.9. The average Bonchev–Trinajstić information content (AvgIpc) is 2.92. The van der Waals surface area contributed by atoms with Gasteiger partial charge in [0.2, 0.25) is 0 Å². The van der Waals surface area contributed by atoms with E-state index in [0.717, 1.165) is 17.2 Å². The number of aryl methyl sites for hydroxylation is 1. The number of halogens is 1. The van der Waals surface area contributed by atoms with E-state index in [2.05, 4.69) is 12.2 Å². The minimum atomic E-state index is -0.160. The smallest absolute Gasteiger partial charge is 0.123 e. The van der Waals surface area contributed by atoms with Crippen molar-refractivity contribution in [2.75, 3.05) is 5.32 Å². The third-order valence-electron chi connectivity index (χ3n) is 2.90. The zero-order valence-electron chi connectivity index (χ0n) is 8.68. The van der Waals surface area contributed by atoms with E-state index in [1.165, 1.54) is 18.9 Å². The molecule has 14 heavy (non-hydrogen) atoms. The lowest BCUT2D eigenvalue weighted by Crippen LogP contribution is -2.17. The third kappa shape index (κ3) is 2.06. The van der Waals surface area contributed by atoms with Crippen LogP contribution in [0.1, 0.15) is 25.3 Å². The van der Waals surface area contributed by atoms with Crippen LogP contribution in [0.15, 0.2) is 18.2 Å². The monoisotopic (exact) mass is 193 g/mol. The van der Waals surface area contributed by atoms with Gasteiger partial charge in [-0.15, -0.1) is 0 Å². The van der Waals surface area contributed by atoms with Crippen molar-refractivity contribution in [3.63, 3.8) is 0 Å². The largest absolute Gasteiger partial charge is 0.382 e. The minimum absolute atomic E-state index is 0.160. The fraction of sp³-hybridized carbons (Fsp3) is 0.500. The van der Waals surface area contributed by atoms with Gasteiger partial charge in [-0.1, -0.05) is 0 Å². The van der Waals surface area contributed by atoms with E-state index in [1.54, 1.807) is 6.07 Å². The van der Waals surface area contributed by atoms with Crippen molar-refractivity contribution >= 4 is 5.69 Å². The summed E-state index contributed by atoms with van der Waals surface area (Å²) in [6.07, 6.45) is 2.66. The molecular formula is C12H16FN. The number of hydrogen-bond acceptors (Lipinski definition) is 1. The molecule has 0 unspecified atom stereocenters. The van der Waals surface area contributed by atoms with Crippen LogP contribution in [0.25, 0.3) is 0 Å². The molecule has 2 heteroatoms. The van der Waals surface area contributed by atoms with Gasteiger partial charge < -0.3 is 5.32 Å². The predicted molar refractivity (Wildman–Crippen MR) is 56.9 cm³/mol. The van der Waals surface area contributed by atoms with E-state index in [-0.39, 0.29) is 5.82 Å². The van der Waals surface area contributed by atoms with Gasteiger partial charge in [0.15, 0.2) is 0 Å². The molecule has 0 heterocycles. The molecule has 1 aliphatic carbocycles. The molecule has 1 fully saturated rings. The Bertz CT molecular complexity index is 331. The third-order valence-corrected chi connectivity index (χ3v) is 2.90. The molecule has 2 rings (SSSR count). The quantitative estimate of drug-likeness (QED) is 0.776. The van der Waals surface area contributed by atoms with Crippen molar-refractivity contribution in [1.82, 2.24) is 0 Å². The van der Waals surface area contributed by atoms with E-state index in [4.69, 9.17) is 0 Å². The van der Waals surface area contributed by atoms with E-state index in [0.29, 0.717) is 6.04 Å². The van der Waals surface area contributed by atoms with Crippen molar-refractivity contribution in [3.8, 4) is 0 Å². The topological polar surface area (TPSA) is 12.0 Å². The molecule has 1 saturated carbocycles. The molecule has 1 aliphatic rings. The van der Waals surface area contributed by atoms with Crippen LogP contribution < -0.4 is 5.32 Å². The molecule has 76 valence electrons. The number of anilines is 1. The molecule has 1 atom stereocenters. The summed E-state index contributed by atoms with van der Waals surface area (Å²) in [4.78, 5) is 0. The first-order chi connectivity index (χ1) is 6.66. The first-order valence-corrected chi connectivity index (χ1v) is 5.19. The molecule has 0 bridgehead atoms. The standard InChI is InChI=1S/C12H16FN/c1-8-7-11(13)5-6-12(8)14-9(2)10-3-4-10/h5-7,9-10,14H,3-4H2,1-2H3/t9-/m1/s1. The highest BCUT2D eigenvalue weighted by Gasteiger charge is 2.27. The summed E-state index contributed by atoms with van der Waals surface area (Å²) in [5.41, 5.74) is 2.04. The van der Waals surface area contributed by atoms with E-state index >= 15 is 0 Å². The molecule has 1 aromatic carbocycles. The molecule has 1 nitrogen and oxygen atoms in total. The van der Waals surface area contributed by atoms with Crippen LogP contribution in [0, 0.1) is 18.7 Å². The van der Waals surface area contributed by atoms with Crippen molar-refractivity contribution in [1.29, 1.82) is 0 Å². The van der Waals surface area contributed by atoms with Crippen LogP contribution in [-0.4, -0.2) is 6.04 Å². The van der Waals surface area contributed by atoms with Crippen LogP contribution in [0.5, 0.6) is 0 Å². The van der Waals surface area contributed by atoms with Crippen molar-refractivity contribution in [3.05, 3.63) is 29.6 Å². The fourth-order valence-electron chi connectivity index (χ4n) is 1.75. The fourth-order valence-corrected chi connectivity index (χ4v) is 1.75. The summed E-state index contributed by atoms with van der Waals surface area (Å²) in [5.74, 6) is 0.659. The number of benzene rings is 1. The molecule has 1 N–H and O–H groups in total. The number of nitrogens with one attached hydrogen (secondary N) is 1. The Morgan fingerprint density at radius 1 is 1.43 bits per heavy atom. The van der Waals surface area contributed by atoms with Crippen LogP contribution >= 0.6 is 0 Å². The van der Waals surface area contributed by atoms with Crippen molar-refractivity contribution < 1.29 is 4.39 Å². The first-order valence-electron chi connectivity index (χ1n) is 5.19. The second kappa shape index (κ2) is 3.60. The van der Waals surface area contributed by atoms with Crippen molar-refractivity contribution in [2.45, 2.75) is 32.7 Å². The Hall–Kier alpha value is -1.05. The maximum absolute atomic E-state index is 12.8. The lowest BCUT2D eigenvalue weighted by Gasteiger charge is -2.16. The summed E-state index contributed by atoms with van der Waals surface area (Å²) in [7, 11) is 0. The molecule has 1 aromatic rings. The Balaban J connectivity index is 2.07. The highest BCUT2D eigenvalue weighted by Crippen LogP contribution is 2.34. The van der Waals surface area contributed by atoms with Gasteiger partial charge in [0.05, 0.1) is 0 Å². The van der Waals surface area contributed by atoms with Gasteiger partial charge in [-0.3, -0.25) is 0 Å². The zero-order chi connectivity index (χ0) is 10.1. The van der Waals surface area contributed by atoms with Gasteiger partial charge >= 0.3 is 0 Å². The highest BCUT2D eigenvalue weighted by molar-refractivity contribution is 5.51. The van der Waals surface area contributed by atoms with Crippen LogP contribution in [0.2, 0.25) is 0 Å². The summed E-state index contributed by atoms with van der Waals surface area (Å²) in [5, 5.41) is 3.43. The van der Waals surface area contributed by atoms with E-state index in [9.17, 15) is 4.39 Å². The van der Waals surface area contributed by atoms with Gasteiger partial charge in [0.1, 0.15) is 5.82 Å². The highest BCUT2D eigenvalue weighted by atomic mass is 19.1. The van der Waals surface area contributed by atoms with Gasteiger partial charge in [-0.25, -0.2) is 4.39 Å². The van der Waals surface area contributed by atoms with Crippen molar-refractivity contribution in [2.24, 2.45) is 5.92 Å². The Kier molecular flexibility index (Phi) is 2.44. The Morgan fingerprint density at radius 2 is 2.14 bits per heavy atom. The zero-order valence-corrected chi connectivity index (χ0v) is 8.68. The average molecular weight is 193 g/mol. The summed E-state index contributed by atoms with van der Waals surface area (Å²) < 4.78 is 12.8. The number of hydrogen-bond donors (Lipinski definition) is 1. The Morgan fingerprint density at radius 3 is 2.71 bits per heavy atom. The van der Waals surface area contributed by atoms with Gasteiger partial charge in [-0.05, 0) is 56.4 Å². The van der Waals surface area contributed by atoms with E-state index in [1.807, 2.05) is 13.0 Å². The maximum atomic E-state index is 12.8. The molecule has 0 spiro atoms. The predicted octanol–water partition coefficient (Wildman–Crippen LogP) is 3.34. The second-order valence-corrected chi connectivity index (χ2v) is 4.23. The van der Waals surface area contributed by atoms with Gasteiger partial charge in [0.25, 0.3) is 0 Å². The molecule has 0 amide bonds. The van der Waals surface area contributed by atoms with Crippen LogP contribution in [0.4, 0.5) is 10.1 Å². The summed E-state index contributed by atoms with van der Waals surface area (Å²) >= 11 is 0. The first kappa shape index (κ1) is 9.50. The molecule has 0 saturated heterocycles.